The third kappa shape index (κ3) is 4.33. The molecule has 0 radical (unpaired) electrons. The fraction of sp³-hybridized carbons (Fsp3) is 0.238. The van der Waals surface area contributed by atoms with Crippen molar-refractivity contribution < 1.29 is 4.79 Å². The fourth-order valence-electron chi connectivity index (χ4n) is 2.95. The van der Waals surface area contributed by atoms with Crippen LogP contribution in [0.2, 0.25) is 5.02 Å². The summed E-state index contributed by atoms with van der Waals surface area (Å²) >= 11 is 6.11. The number of amides is 1. The SMILES string of the molecule is C=C(C)Cn1c(CCNC(=O)Cc2ccccc2Cl)nc2ccccc21. The van der Waals surface area contributed by atoms with Crippen molar-refractivity contribution in [3.05, 3.63) is 77.1 Å². The Hall–Kier alpha value is -2.59. The van der Waals surface area contributed by atoms with Gasteiger partial charge in [-0.05, 0) is 30.7 Å². The van der Waals surface area contributed by atoms with Gasteiger partial charge in [0.05, 0.1) is 17.5 Å². The molecule has 0 bridgehead atoms. The van der Waals surface area contributed by atoms with Gasteiger partial charge in [-0.1, -0.05) is 54.1 Å². The second-order valence-corrected chi connectivity index (χ2v) is 6.84. The lowest BCUT2D eigenvalue weighted by Crippen LogP contribution is -2.28. The second kappa shape index (κ2) is 8.19. The molecular formula is C21H22ClN3O. The van der Waals surface area contributed by atoms with Crippen LogP contribution in [-0.4, -0.2) is 22.0 Å². The zero-order chi connectivity index (χ0) is 18.5. The predicted molar refractivity (Wildman–Crippen MR) is 106 cm³/mol. The zero-order valence-electron chi connectivity index (χ0n) is 14.8. The summed E-state index contributed by atoms with van der Waals surface area (Å²) < 4.78 is 2.16. The van der Waals surface area contributed by atoms with Gasteiger partial charge in [0.1, 0.15) is 5.82 Å². The van der Waals surface area contributed by atoms with E-state index >= 15 is 0 Å². The lowest BCUT2D eigenvalue weighted by atomic mass is 10.1. The Morgan fingerprint density at radius 2 is 1.92 bits per heavy atom. The van der Waals surface area contributed by atoms with Gasteiger partial charge in [-0.2, -0.15) is 0 Å². The van der Waals surface area contributed by atoms with E-state index in [2.05, 4.69) is 22.5 Å². The fourth-order valence-corrected chi connectivity index (χ4v) is 3.16. The monoisotopic (exact) mass is 367 g/mol. The van der Waals surface area contributed by atoms with Gasteiger partial charge in [0, 0.05) is 24.5 Å². The first-order valence-corrected chi connectivity index (χ1v) is 9.01. The standard InChI is InChI=1S/C21H22ClN3O/c1-15(2)14-25-19-10-6-5-9-18(19)24-20(25)11-12-23-21(26)13-16-7-3-4-8-17(16)22/h3-10H,1,11-14H2,2H3,(H,23,26). The van der Waals surface area contributed by atoms with Gasteiger partial charge in [0.15, 0.2) is 0 Å². The number of rotatable bonds is 7. The highest BCUT2D eigenvalue weighted by Crippen LogP contribution is 2.18. The molecule has 1 N–H and O–H groups in total. The van der Waals surface area contributed by atoms with Crippen LogP contribution in [0.1, 0.15) is 18.3 Å². The zero-order valence-corrected chi connectivity index (χ0v) is 15.6. The molecule has 0 atom stereocenters. The molecule has 0 fully saturated rings. The van der Waals surface area contributed by atoms with Crippen molar-refractivity contribution >= 4 is 28.5 Å². The maximum absolute atomic E-state index is 12.2. The molecule has 0 saturated carbocycles. The van der Waals surface area contributed by atoms with Crippen LogP contribution in [0.3, 0.4) is 0 Å². The minimum absolute atomic E-state index is 0.0411. The quantitative estimate of drug-likeness (QED) is 0.637. The molecule has 1 aromatic heterocycles. The Kier molecular flexibility index (Phi) is 5.74. The van der Waals surface area contributed by atoms with Crippen LogP contribution >= 0.6 is 11.6 Å². The summed E-state index contributed by atoms with van der Waals surface area (Å²) in [5.41, 5.74) is 3.96. The molecule has 0 saturated heterocycles. The van der Waals surface area contributed by atoms with E-state index in [-0.39, 0.29) is 12.3 Å². The van der Waals surface area contributed by atoms with E-state index in [9.17, 15) is 4.79 Å². The molecule has 0 aliphatic heterocycles. The van der Waals surface area contributed by atoms with E-state index in [1.165, 1.54) is 0 Å². The second-order valence-electron chi connectivity index (χ2n) is 6.43. The minimum Gasteiger partial charge on any atom is -0.355 e. The predicted octanol–water partition coefficient (Wildman–Crippen LogP) is 4.17. The normalized spacial score (nSPS) is 10.8. The molecule has 3 aromatic rings. The highest BCUT2D eigenvalue weighted by molar-refractivity contribution is 6.31. The lowest BCUT2D eigenvalue weighted by molar-refractivity contribution is -0.120. The van der Waals surface area contributed by atoms with Crippen LogP contribution < -0.4 is 5.32 Å². The highest BCUT2D eigenvalue weighted by atomic mass is 35.5. The molecule has 0 unspecified atom stereocenters. The van der Waals surface area contributed by atoms with E-state index < -0.39 is 0 Å². The number of nitrogens with zero attached hydrogens (tertiary/aromatic N) is 2. The number of halogens is 1. The Bertz CT molecular complexity index is 945. The molecule has 1 heterocycles. The van der Waals surface area contributed by atoms with Crippen LogP contribution in [0, 0.1) is 0 Å². The highest BCUT2D eigenvalue weighted by Gasteiger charge is 2.11. The van der Waals surface area contributed by atoms with Gasteiger partial charge in [-0.3, -0.25) is 4.79 Å². The molecule has 4 nitrogen and oxygen atoms in total. The first kappa shape index (κ1) is 18.2. The van der Waals surface area contributed by atoms with Gasteiger partial charge >= 0.3 is 0 Å². The molecule has 3 rings (SSSR count). The number of benzene rings is 2. The van der Waals surface area contributed by atoms with Gasteiger partial charge < -0.3 is 9.88 Å². The summed E-state index contributed by atoms with van der Waals surface area (Å²) in [7, 11) is 0. The van der Waals surface area contributed by atoms with Crippen molar-refractivity contribution in [1.82, 2.24) is 14.9 Å². The topological polar surface area (TPSA) is 46.9 Å². The Morgan fingerprint density at radius 1 is 1.19 bits per heavy atom. The van der Waals surface area contributed by atoms with Crippen LogP contribution in [0.5, 0.6) is 0 Å². The van der Waals surface area contributed by atoms with E-state index in [4.69, 9.17) is 16.6 Å². The van der Waals surface area contributed by atoms with Crippen molar-refractivity contribution in [2.24, 2.45) is 0 Å². The lowest BCUT2D eigenvalue weighted by Gasteiger charge is -2.10. The molecule has 134 valence electrons. The number of fused-ring (bicyclic) bond motifs is 1. The van der Waals surface area contributed by atoms with Crippen LogP contribution in [0.25, 0.3) is 11.0 Å². The minimum atomic E-state index is -0.0411. The molecule has 5 heteroatoms. The van der Waals surface area contributed by atoms with E-state index in [1.54, 1.807) is 6.07 Å². The summed E-state index contributed by atoms with van der Waals surface area (Å²) in [6.07, 6.45) is 0.943. The Balaban J connectivity index is 1.65. The molecule has 1 amide bonds. The van der Waals surface area contributed by atoms with Gasteiger partial charge in [0.2, 0.25) is 5.91 Å². The van der Waals surface area contributed by atoms with Crippen molar-refractivity contribution in [2.45, 2.75) is 26.3 Å². The van der Waals surface area contributed by atoms with Crippen molar-refractivity contribution in [1.29, 1.82) is 0 Å². The third-order valence-electron chi connectivity index (χ3n) is 4.14. The first-order valence-electron chi connectivity index (χ1n) is 8.63. The number of imidazole rings is 1. The summed E-state index contributed by atoms with van der Waals surface area (Å²) in [6, 6.07) is 15.5. The molecule has 0 aliphatic carbocycles. The third-order valence-corrected chi connectivity index (χ3v) is 4.51. The van der Waals surface area contributed by atoms with Crippen LogP contribution in [0.15, 0.2) is 60.7 Å². The number of carbonyl (C=O) groups excluding carboxylic acids is 1. The average Bonchev–Trinajstić information content (AvgIpc) is 2.94. The maximum Gasteiger partial charge on any atom is 0.224 e. The number of hydrogen-bond donors (Lipinski definition) is 1. The van der Waals surface area contributed by atoms with E-state index in [0.717, 1.165) is 34.5 Å². The number of nitrogens with one attached hydrogen (secondary N) is 1. The molecular weight excluding hydrogens is 346 g/mol. The van der Waals surface area contributed by atoms with E-state index in [0.29, 0.717) is 18.0 Å². The van der Waals surface area contributed by atoms with Crippen LogP contribution in [0.4, 0.5) is 0 Å². The van der Waals surface area contributed by atoms with Crippen molar-refractivity contribution in [3.63, 3.8) is 0 Å². The molecule has 0 aliphatic rings. The molecule has 0 spiro atoms. The summed E-state index contributed by atoms with van der Waals surface area (Å²) in [6.45, 7) is 7.27. The first-order chi connectivity index (χ1) is 12.5. The summed E-state index contributed by atoms with van der Waals surface area (Å²) in [4.78, 5) is 16.9. The number of para-hydroxylation sites is 2. The van der Waals surface area contributed by atoms with Crippen molar-refractivity contribution in [3.8, 4) is 0 Å². The smallest absolute Gasteiger partial charge is 0.224 e. The Labute approximate surface area is 158 Å². The van der Waals surface area contributed by atoms with Gasteiger partial charge in [0.25, 0.3) is 0 Å². The van der Waals surface area contributed by atoms with Crippen LogP contribution in [-0.2, 0) is 24.2 Å². The van der Waals surface area contributed by atoms with Gasteiger partial charge in [-0.15, -0.1) is 0 Å². The number of allylic oxidation sites excluding steroid dienone is 1. The molecule has 26 heavy (non-hydrogen) atoms. The Morgan fingerprint density at radius 3 is 2.69 bits per heavy atom. The summed E-state index contributed by atoms with van der Waals surface area (Å²) in [5, 5.41) is 3.57. The molecule has 2 aromatic carbocycles. The largest absolute Gasteiger partial charge is 0.355 e. The summed E-state index contributed by atoms with van der Waals surface area (Å²) in [5.74, 6) is 0.910. The number of aromatic nitrogens is 2. The average molecular weight is 368 g/mol. The maximum atomic E-state index is 12.2. The van der Waals surface area contributed by atoms with Crippen molar-refractivity contribution in [2.75, 3.05) is 6.54 Å². The number of carbonyl (C=O) groups is 1. The van der Waals surface area contributed by atoms with E-state index in [1.807, 2.05) is 43.3 Å². The number of hydrogen-bond acceptors (Lipinski definition) is 2. The van der Waals surface area contributed by atoms with Gasteiger partial charge in [-0.25, -0.2) is 4.98 Å².